The lowest BCUT2D eigenvalue weighted by Gasteiger charge is -2.42. The zero-order valence-corrected chi connectivity index (χ0v) is 44.8. The maximum Gasteiger partial charge on any atom is 0.306 e. The van der Waals surface area contributed by atoms with Gasteiger partial charge in [-0.25, -0.2) is 0 Å². The molecule has 0 bridgehead atoms. The summed E-state index contributed by atoms with van der Waals surface area (Å²) in [5.74, 6) is -0.396. The molecule has 11 atom stereocenters. The summed E-state index contributed by atoms with van der Waals surface area (Å²) in [6, 6.07) is 0. The summed E-state index contributed by atoms with van der Waals surface area (Å²) in [5, 5.41) is 72.3. The Bertz CT molecular complexity index is 1530. The molecular formula is C59H100O14. The third-order valence-corrected chi connectivity index (χ3v) is 12.9. The average molecular weight is 1030 g/mol. The maximum atomic E-state index is 13.1. The topological polar surface area (TPSA) is 214 Å². The molecule has 73 heavy (non-hydrogen) atoms. The van der Waals surface area contributed by atoms with Crippen molar-refractivity contribution in [2.75, 3.05) is 33.0 Å². The number of esters is 1. The van der Waals surface area contributed by atoms with Gasteiger partial charge in [0.2, 0.25) is 0 Å². The zero-order chi connectivity index (χ0) is 53.0. The molecule has 14 nitrogen and oxygen atoms in total. The van der Waals surface area contributed by atoms with E-state index >= 15 is 0 Å². The van der Waals surface area contributed by atoms with E-state index in [0.717, 1.165) is 89.9 Å². The number of aliphatic hydroxyl groups excluding tert-OH is 7. The Morgan fingerprint density at radius 1 is 0.466 bits per heavy atom. The molecular weight excluding hydrogens is 933 g/mol. The minimum Gasteiger partial charge on any atom is -0.457 e. The fourth-order valence-electron chi connectivity index (χ4n) is 8.34. The molecule has 2 saturated heterocycles. The van der Waals surface area contributed by atoms with Crippen LogP contribution >= 0.6 is 0 Å². The van der Waals surface area contributed by atoms with E-state index in [1.807, 2.05) is 0 Å². The SMILES string of the molecule is CC/C=C\C/C=C\C/C=C\C/C=C\C/C=C\C/C=C\CCCCCOCC(COC1OC(COC2OC(CO)C(O)C(O)C2O)C(O)C(O)C1O)OC(=O)CCCCCCCCC/C=C\CCCCCCCC. The fraction of sp³-hybridized carbons (Fsp3) is 0.746. The highest BCUT2D eigenvalue weighted by atomic mass is 16.7. The van der Waals surface area contributed by atoms with E-state index < -0.39 is 86.7 Å². The molecule has 0 aromatic heterocycles. The van der Waals surface area contributed by atoms with Crippen LogP contribution in [0.5, 0.6) is 0 Å². The summed E-state index contributed by atoms with van der Waals surface area (Å²) >= 11 is 0. The predicted octanol–water partition coefficient (Wildman–Crippen LogP) is 9.63. The van der Waals surface area contributed by atoms with Crippen molar-refractivity contribution in [1.82, 2.24) is 0 Å². The highest BCUT2D eigenvalue weighted by Gasteiger charge is 2.47. The van der Waals surface area contributed by atoms with E-state index in [1.54, 1.807) is 0 Å². The van der Waals surface area contributed by atoms with Crippen LogP contribution in [0.2, 0.25) is 0 Å². The molecule has 7 N–H and O–H groups in total. The van der Waals surface area contributed by atoms with E-state index in [0.29, 0.717) is 13.0 Å². The molecule has 2 rings (SSSR count). The van der Waals surface area contributed by atoms with Crippen LogP contribution in [0.3, 0.4) is 0 Å². The number of carbonyl (C=O) groups is 1. The normalized spacial score (nSPS) is 25.6. The van der Waals surface area contributed by atoms with Gasteiger partial charge >= 0.3 is 5.97 Å². The van der Waals surface area contributed by atoms with Crippen LogP contribution in [0, 0.1) is 0 Å². The van der Waals surface area contributed by atoms with Crippen LogP contribution in [0.25, 0.3) is 0 Å². The van der Waals surface area contributed by atoms with Crippen molar-refractivity contribution in [2.45, 2.75) is 248 Å². The highest BCUT2D eigenvalue weighted by Crippen LogP contribution is 2.26. The first kappa shape index (κ1) is 66.3. The fourth-order valence-corrected chi connectivity index (χ4v) is 8.34. The van der Waals surface area contributed by atoms with Gasteiger partial charge in [0.25, 0.3) is 0 Å². The summed E-state index contributed by atoms with van der Waals surface area (Å²) in [5.41, 5.74) is 0. The third kappa shape index (κ3) is 32.4. The molecule has 11 unspecified atom stereocenters. The second-order valence-electron chi connectivity index (χ2n) is 19.4. The summed E-state index contributed by atoms with van der Waals surface area (Å²) in [6.45, 7) is 3.47. The number of aliphatic hydroxyl groups is 7. The number of hydrogen-bond acceptors (Lipinski definition) is 14. The van der Waals surface area contributed by atoms with Gasteiger partial charge in [-0.1, -0.05) is 170 Å². The van der Waals surface area contributed by atoms with E-state index in [2.05, 4.69) is 98.9 Å². The van der Waals surface area contributed by atoms with Crippen LogP contribution in [-0.2, 0) is 33.2 Å². The molecule has 0 aliphatic carbocycles. The first-order valence-electron chi connectivity index (χ1n) is 28.2. The van der Waals surface area contributed by atoms with Gasteiger partial charge in [0.05, 0.1) is 26.4 Å². The van der Waals surface area contributed by atoms with Crippen molar-refractivity contribution >= 4 is 5.97 Å². The van der Waals surface area contributed by atoms with Gasteiger partial charge in [0, 0.05) is 13.0 Å². The largest absolute Gasteiger partial charge is 0.457 e. The zero-order valence-electron chi connectivity index (χ0n) is 44.8. The summed E-state index contributed by atoms with van der Waals surface area (Å²) in [4.78, 5) is 13.1. The molecule has 0 radical (unpaired) electrons. The molecule has 0 amide bonds. The number of hydrogen-bond donors (Lipinski definition) is 7. The number of unbranched alkanes of at least 4 members (excludes halogenated alkanes) is 16. The first-order chi connectivity index (χ1) is 35.6. The minimum absolute atomic E-state index is 0.0325. The molecule has 2 aliphatic rings. The van der Waals surface area contributed by atoms with Gasteiger partial charge in [0.15, 0.2) is 12.6 Å². The van der Waals surface area contributed by atoms with Crippen LogP contribution in [0.4, 0.5) is 0 Å². The Hall–Kier alpha value is -2.83. The molecule has 2 fully saturated rings. The molecule has 0 spiro atoms. The smallest absolute Gasteiger partial charge is 0.306 e. The van der Waals surface area contributed by atoms with Gasteiger partial charge in [-0.15, -0.1) is 0 Å². The second kappa shape index (κ2) is 45.4. The van der Waals surface area contributed by atoms with Gasteiger partial charge in [-0.2, -0.15) is 0 Å². The minimum atomic E-state index is -1.72. The Morgan fingerprint density at radius 3 is 1.41 bits per heavy atom. The number of ether oxygens (including phenoxy) is 6. The van der Waals surface area contributed by atoms with Gasteiger partial charge < -0.3 is 64.2 Å². The van der Waals surface area contributed by atoms with Crippen molar-refractivity contribution in [3.8, 4) is 0 Å². The number of allylic oxidation sites excluding steroid dienone is 14. The molecule has 420 valence electrons. The lowest BCUT2D eigenvalue weighted by atomic mass is 9.98. The first-order valence-corrected chi connectivity index (χ1v) is 28.2. The molecule has 0 saturated carbocycles. The summed E-state index contributed by atoms with van der Waals surface area (Å²) < 4.78 is 34.3. The maximum absolute atomic E-state index is 13.1. The lowest BCUT2D eigenvalue weighted by Crippen LogP contribution is -2.61. The third-order valence-electron chi connectivity index (χ3n) is 12.9. The van der Waals surface area contributed by atoms with Gasteiger partial charge in [-0.05, 0) is 89.9 Å². The second-order valence-corrected chi connectivity index (χ2v) is 19.4. The monoisotopic (exact) mass is 1030 g/mol. The Morgan fingerprint density at radius 2 is 0.890 bits per heavy atom. The van der Waals surface area contributed by atoms with Crippen molar-refractivity contribution in [3.63, 3.8) is 0 Å². The summed E-state index contributed by atoms with van der Waals surface area (Å²) in [6.07, 6.45) is 42.1. The Labute approximate surface area is 439 Å². The van der Waals surface area contributed by atoms with Crippen molar-refractivity contribution in [1.29, 1.82) is 0 Å². The van der Waals surface area contributed by atoms with E-state index in [4.69, 9.17) is 28.4 Å². The number of carbonyl (C=O) groups excluding carboxylic acids is 1. The molecule has 0 aromatic carbocycles. The Balaban J connectivity index is 1.76. The van der Waals surface area contributed by atoms with Gasteiger partial charge in [-0.3, -0.25) is 4.79 Å². The Kier molecular flexibility index (Phi) is 41.2. The molecule has 0 aromatic rings. The van der Waals surface area contributed by atoms with E-state index in [-0.39, 0.29) is 19.6 Å². The van der Waals surface area contributed by atoms with Crippen LogP contribution < -0.4 is 0 Å². The number of rotatable bonds is 44. The predicted molar refractivity (Wildman–Crippen MR) is 288 cm³/mol. The van der Waals surface area contributed by atoms with Crippen molar-refractivity contribution < 1.29 is 69.0 Å². The van der Waals surface area contributed by atoms with Crippen LogP contribution in [0.15, 0.2) is 85.1 Å². The summed E-state index contributed by atoms with van der Waals surface area (Å²) in [7, 11) is 0. The van der Waals surface area contributed by atoms with E-state index in [9.17, 15) is 40.5 Å². The molecule has 2 heterocycles. The van der Waals surface area contributed by atoms with Crippen molar-refractivity contribution in [3.05, 3.63) is 85.1 Å². The quantitative estimate of drug-likeness (QED) is 0.0172. The van der Waals surface area contributed by atoms with Crippen molar-refractivity contribution in [2.24, 2.45) is 0 Å². The van der Waals surface area contributed by atoms with Crippen LogP contribution in [-0.4, -0.2) is 142 Å². The lowest BCUT2D eigenvalue weighted by molar-refractivity contribution is -0.332. The van der Waals surface area contributed by atoms with Gasteiger partial charge in [0.1, 0.15) is 54.9 Å². The average Bonchev–Trinajstić information content (AvgIpc) is 3.39. The molecule has 14 heteroatoms. The van der Waals surface area contributed by atoms with Crippen LogP contribution in [0.1, 0.15) is 181 Å². The highest BCUT2D eigenvalue weighted by molar-refractivity contribution is 5.69. The van der Waals surface area contributed by atoms with E-state index in [1.165, 1.54) is 64.2 Å². The standard InChI is InChI=1S/C59H100O14/c1-3-5-7-9-11-13-15-17-19-21-22-23-24-25-27-29-31-33-35-37-39-41-43-68-45-48(71-51(61)42-40-38-36-34-32-30-28-26-20-18-16-14-12-10-8-6-4-2)46-69-58-57(67)55(65)53(63)50(73-58)47-70-59-56(66)54(64)52(62)49(44-60)72-59/h5,7,11,13,17-20,22-23,25,27,31,33,48-50,52-60,62-67H,3-4,6,8-10,12,14-16,21,24,26,28-30,32,34-47H2,1-2H3/b7-5-,13-11-,19-17-,20-18-,23-22-,27-25-,33-31-. The molecule has 2 aliphatic heterocycles.